The maximum Gasteiger partial charge on any atom is 0.220 e. The molecule has 1 fully saturated rings. The fraction of sp³-hybridized carbons (Fsp3) is 0.769. The second kappa shape index (κ2) is 9.49. The Morgan fingerprint density at radius 2 is 2.05 bits per heavy atom. The molecule has 6 heteroatoms. The van der Waals surface area contributed by atoms with Crippen LogP contribution >= 0.6 is 0 Å². The summed E-state index contributed by atoms with van der Waals surface area (Å²) < 4.78 is 0. The van der Waals surface area contributed by atoms with Crippen LogP contribution in [0, 0.1) is 0 Å². The van der Waals surface area contributed by atoms with E-state index in [2.05, 4.69) is 32.0 Å². The highest BCUT2D eigenvalue weighted by Gasteiger charge is 2.18. The van der Waals surface area contributed by atoms with Crippen molar-refractivity contribution in [1.29, 1.82) is 0 Å². The van der Waals surface area contributed by atoms with Crippen LogP contribution in [0.4, 0.5) is 0 Å². The molecule has 0 aromatic carbocycles. The van der Waals surface area contributed by atoms with Gasteiger partial charge < -0.3 is 10.2 Å². The van der Waals surface area contributed by atoms with Crippen molar-refractivity contribution in [3.05, 3.63) is 0 Å². The molecule has 1 aliphatic heterocycles. The number of rotatable bonds is 6. The number of amides is 1. The van der Waals surface area contributed by atoms with Gasteiger partial charge in [0.05, 0.1) is 0 Å². The topological polar surface area (TPSA) is 60.3 Å². The third-order valence-corrected chi connectivity index (χ3v) is 3.14. The highest BCUT2D eigenvalue weighted by atomic mass is 16.1. The molecule has 0 atom stereocenters. The Morgan fingerprint density at radius 3 is 2.63 bits per heavy atom. The predicted octanol–water partition coefficient (Wildman–Crippen LogP) is 0.207. The molecule has 0 spiro atoms. The smallest absolute Gasteiger partial charge is 0.220 e. The SMILES string of the molecule is CCC/C=N\C(=NC)N1CCN(CCNC=O)CC1. The van der Waals surface area contributed by atoms with E-state index in [9.17, 15) is 4.79 Å². The fourth-order valence-corrected chi connectivity index (χ4v) is 2.01. The molecule has 1 rings (SSSR count). The van der Waals surface area contributed by atoms with Crippen LogP contribution in [0.5, 0.6) is 0 Å². The highest BCUT2D eigenvalue weighted by Crippen LogP contribution is 2.03. The van der Waals surface area contributed by atoms with Crippen molar-refractivity contribution in [1.82, 2.24) is 15.1 Å². The molecular weight excluding hydrogens is 242 g/mol. The first kappa shape index (κ1) is 15.6. The number of aliphatic imine (C=N–C) groups is 2. The molecule has 1 N–H and O–H groups in total. The van der Waals surface area contributed by atoms with Crippen molar-refractivity contribution in [3.8, 4) is 0 Å². The molecular formula is C13H25N5O. The summed E-state index contributed by atoms with van der Waals surface area (Å²) in [5.41, 5.74) is 0. The summed E-state index contributed by atoms with van der Waals surface area (Å²) in [6.45, 7) is 7.62. The average molecular weight is 267 g/mol. The number of nitrogens with zero attached hydrogens (tertiary/aromatic N) is 4. The van der Waals surface area contributed by atoms with Gasteiger partial charge in [0.2, 0.25) is 12.4 Å². The zero-order valence-corrected chi connectivity index (χ0v) is 12.0. The van der Waals surface area contributed by atoms with E-state index in [1.165, 1.54) is 0 Å². The number of hydrogen-bond donors (Lipinski definition) is 1. The van der Waals surface area contributed by atoms with Gasteiger partial charge in [-0.25, -0.2) is 4.99 Å². The average Bonchev–Trinajstić information content (AvgIpc) is 2.45. The lowest BCUT2D eigenvalue weighted by Crippen LogP contribution is -2.49. The number of guanidine groups is 1. The summed E-state index contributed by atoms with van der Waals surface area (Å²) >= 11 is 0. The van der Waals surface area contributed by atoms with Gasteiger partial charge in [0.25, 0.3) is 0 Å². The molecule has 0 aromatic heterocycles. The molecule has 1 saturated heterocycles. The fourth-order valence-electron chi connectivity index (χ4n) is 2.01. The number of carbonyl (C=O) groups excluding carboxylic acids is 1. The van der Waals surface area contributed by atoms with Crippen LogP contribution in [0.2, 0.25) is 0 Å². The van der Waals surface area contributed by atoms with Gasteiger partial charge in [0, 0.05) is 52.5 Å². The lowest BCUT2D eigenvalue weighted by Gasteiger charge is -2.35. The van der Waals surface area contributed by atoms with Crippen LogP contribution < -0.4 is 5.32 Å². The van der Waals surface area contributed by atoms with Crippen molar-refractivity contribution >= 4 is 18.6 Å². The molecule has 108 valence electrons. The maximum atomic E-state index is 10.2. The highest BCUT2D eigenvalue weighted by molar-refractivity contribution is 5.87. The Labute approximate surface area is 115 Å². The Hall–Kier alpha value is -1.43. The van der Waals surface area contributed by atoms with Crippen LogP contribution in [0.3, 0.4) is 0 Å². The van der Waals surface area contributed by atoms with E-state index in [0.29, 0.717) is 6.54 Å². The molecule has 1 aliphatic rings. The van der Waals surface area contributed by atoms with Gasteiger partial charge in [-0.3, -0.25) is 14.7 Å². The Morgan fingerprint density at radius 1 is 1.32 bits per heavy atom. The first-order valence-corrected chi connectivity index (χ1v) is 6.95. The van der Waals surface area contributed by atoms with Crippen molar-refractivity contribution in [2.75, 3.05) is 46.3 Å². The van der Waals surface area contributed by atoms with Gasteiger partial charge >= 0.3 is 0 Å². The summed E-state index contributed by atoms with van der Waals surface area (Å²) in [5, 5.41) is 2.69. The first-order chi connectivity index (χ1) is 9.31. The lowest BCUT2D eigenvalue weighted by molar-refractivity contribution is -0.109. The van der Waals surface area contributed by atoms with E-state index in [4.69, 9.17) is 0 Å². The number of carbonyl (C=O) groups is 1. The van der Waals surface area contributed by atoms with E-state index in [0.717, 1.165) is 57.9 Å². The molecule has 0 aromatic rings. The van der Waals surface area contributed by atoms with Crippen molar-refractivity contribution in [2.45, 2.75) is 19.8 Å². The van der Waals surface area contributed by atoms with Gasteiger partial charge in [-0.05, 0) is 6.42 Å². The van der Waals surface area contributed by atoms with Crippen LogP contribution in [-0.2, 0) is 4.79 Å². The zero-order valence-electron chi connectivity index (χ0n) is 12.0. The van der Waals surface area contributed by atoms with Crippen molar-refractivity contribution in [3.63, 3.8) is 0 Å². The van der Waals surface area contributed by atoms with Crippen molar-refractivity contribution < 1.29 is 4.79 Å². The Kier molecular flexibility index (Phi) is 7.81. The summed E-state index contributed by atoms with van der Waals surface area (Å²) in [4.78, 5) is 23.4. The van der Waals surface area contributed by atoms with Crippen LogP contribution in [0.25, 0.3) is 0 Å². The second-order valence-electron chi connectivity index (χ2n) is 4.52. The molecule has 1 amide bonds. The maximum absolute atomic E-state index is 10.2. The molecule has 1 heterocycles. The quantitative estimate of drug-likeness (QED) is 0.324. The van der Waals surface area contributed by atoms with E-state index in [1.54, 1.807) is 7.05 Å². The number of hydrogen-bond acceptors (Lipinski definition) is 3. The first-order valence-electron chi connectivity index (χ1n) is 6.95. The van der Waals surface area contributed by atoms with E-state index in [1.807, 2.05) is 6.21 Å². The second-order valence-corrected chi connectivity index (χ2v) is 4.52. The number of nitrogens with one attached hydrogen (secondary N) is 1. The third kappa shape index (κ3) is 5.83. The molecule has 19 heavy (non-hydrogen) atoms. The zero-order chi connectivity index (χ0) is 13.9. The minimum Gasteiger partial charge on any atom is -0.357 e. The largest absolute Gasteiger partial charge is 0.357 e. The molecule has 0 bridgehead atoms. The normalized spacial score (nSPS) is 18.0. The number of unbranched alkanes of at least 4 members (excludes halogenated alkanes) is 1. The van der Waals surface area contributed by atoms with Gasteiger partial charge in [0.15, 0.2) is 0 Å². The molecule has 6 nitrogen and oxygen atoms in total. The van der Waals surface area contributed by atoms with Crippen LogP contribution in [-0.4, -0.2) is 74.7 Å². The predicted molar refractivity (Wildman–Crippen MR) is 78.8 cm³/mol. The Balaban J connectivity index is 2.33. The third-order valence-electron chi connectivity index (χ3n) is 3.14. The minimum absolute atomic E-state index is 0.715. The van der Waals surface area contributed by atoms with E-state index < -0.39 is 0 Å². The van der Waals surface area contributed by atoms with Gasteiger partial charge in [0.1, 0.15) is 0 Å². The Bertz CT molecular complexity index is 308. The lowest BCUT2D eigenvalue weighted by atomic mass is 10.3. The summed E-state index contributed by atoms with van der Waals surface area (Å²) in [6.07, 6.45) is 4.80. The van der Waals surface area contributed by atoms with Crippen LogP contribution in [0.1, 0.15) is 19.8 Å². The van der Waals surface area contributed by atoms with Crippen LogP contribution in [0.15, 0.2) is 9.98 Å². The summed E-state index contributed by atoms with van der Waals surface area (Å²) in [5.74, 6) is 0.833. The molecule has 0 radical (unpaired) electrons. The van der Waals surface area contributed by atoms with Gasteiger partial charge in [-0.1, -0.05) is 13.3 Å². The monoisotopic (exact) mass is 267 g/mol. The molecule has 0 aliphatic carbocycles. The standard InChI is InChI=1S/C13H25N5O/c1-3-4-5-16-13(14-2)18-10-8-17(9-11-18)7-6-15-12-19/h5,12H,3-4,6-11H2,1-2H3,(H,15,19)/b14-13?,16-5-. The van der Waals surface area contributed by atoms with Gasteiger partial charge in [-0.2, -0.15) is 0 Å². The van der Waals surface area contributed by atoms with E-state index >= 15 is 0 Å². The molecule has 0 saturated carbocycles. The summed E-state index contributed by atoms with van der Waals surface area (Å²) in [7, 11) is 1.79. The van der Waals surface area contributed by atoms with E-state index in [-0.39, 0.29) is 0 Å². The van der Waals surface area contributed by atoms with Gasteiger partial charge in [-0.15, -0.1) is 0 Å². The van der Waals surface area contributed by atoms with Crippen molar-refractivity contribution in [2.24, 2.45) is 9.98 Å². The molecule has 0 unspecified atom stereocenters. The number of piperazine rings is 1. The minimum atomic E-state index is 0.715. The summed E-state index contributed by atoms with van der Waals surface area (Å²) in [6, 6.07) is 0.